The van der Waals surface area contributed by atoms with Crippen molar-refractivity contribution in [3.8, 4) is 0 Å². The second-order valence-corrected chi connectivity index (χ2v) is 6.12. The van der Waals surface area contributed by atoms with Crippen LogP contribution in [0.2, 0.25) is 0 Å². The second-order valence-electron chi connectivity index (χ2n) is 4.42. The highest BCUT2D eigenvalue weighted by Gasteiger charge is 2.16. The number of benzene rings is 2. The van der Waals surface area contributed by atoms with Gasteiger partial charge in [0, 0.05) is 11.1 Å². The first-order valence-electron chi connectivity index (χ1n) is 6.13. The van der Waals surface area contributed by atoms with E-state index in [1.54, 1.807) is 12.1 Å². The molecule has 0 aliphatic heterocycles. The third-order valence-electron chi connectivity index (χ3n) is 2.86. The van der Waals surface area contributed by atoms with E-state index in [1.165, 1.54) is 36.4 Å². The number of hydrogen-bond acceptors (Lipinski definition) is 1. The smallest absolute Gasteiger partial charge is 0.324 e. The largest absolute Gasteiger partial charge is 0.329 e. The van der Waals surface area contributed by atoms with E-state index >= 15 is 0 Å². The molecule has 0 aromatic heterocycles. The summed E-state index contributed by atoms with van der Waals surface area (Å²) < 4.78 is 38.9. The summed E-state index contributed by atoms with van der Waals surface area (Å²) in [6, 6.07) is 11.4. The topological polar surface area (TPSA) is 57.5 Å². The van der Waals surface area contributed by atoms with Crippen LogP contribution >= 0.6 is 7.60 Å². The Hall–Kier alpha value is -1.81. The van der Waals surface area contributed by atoms with E-state index in [0.717, 1.165) is 6.08 Å². The molecule has 21 heavy (non-hydrogen) atoms. The molecule has 0 saturated carbocycles. The molecule has 0 aliphatic carbocycles. The molecular weight excluding hydrogens is 297 g/mol. The fourth-order valence-electron chi connectivity index (χ4n) is 1.93. The van der Waals surface area contributed by atoms with Gasteiger partial charge in [0.25, 0.3) is 0 Å². The molecule has 2 aromatic rings. The van der Waals surface area contributed by atoms with Crippen LogP contribution in [0.15, 0.2) is 54.6 Å². The average molecular weight is 310 g/mol. The summed E-state index contributed by atoms with van der Waals surface area (Å²) in [4.78, 5) is 18.0. The van der Waals surface area contributed by atoms with Crippen LogP contribution in [0.5, 0.6) is 0 Å². The third-order valence-corrected chi connectivity index (χ3v) is 3.52. The van der Waals surface area contributed by atoms with Gasteiger partial charge in [0.15, 0.2) is 0 Å². The molecule has 2 N–H and O–H groups in total. The van der Waals surface area contributed by atoms with Crippen LogP contribution in [0.1, 0.15) is 11.1 Å². The number of rotatable bonds is 4. The SMILES string of the molecule is O=P(O)(O)CC=C(c1ccccc1F)c1ccccc1F. The predicted molar refractivity (Wildman–Crippen MR) is 76.8 cm³/mol. The lowest BCUT2D eigenvalue weighted by Gasteiger charge is -2.11. The Balaban J connectivity index is 2.58. The normalized spacial score (nSPS) is 11.2. The Morgan fingerprint density at radius 1 is 0.952 bits per heavy atom. The van der Waals surface area contributed by atoms with Gasteiger partial charge in [-0.2, -0.15) is 0 Å². The fraction of sp³-hybridized carbons (Fsp3) is 0.0667. The van der Waals surface area contributed by atoms with E-state index in [-0.39, 0.29) is 16.7 Å². The maximum atomic E-state index is 13.9. The van der Waals surface area contributed by atoms with Gasteiger partial charge in [0.05, 0.1) is 6.16 Å². The van der Waals surface area contributed by atoms with Gasteiger partial charge in [-0.1, -0.05) is 42.5 Å². The summed E-state index contributed by atoms with van der Waals surface area (Å²) in [5.74, 6) is -1.17. The summed E-state index contributed by atoms with van der Waals surface area (Å²) in [5.41, 5.74) is 0.307. The van der Waals surface area contributed by atoms with E-state index in [2.05, 4.69) is 0 Å². The predicted octanol–water partition coefficient (Wildman–Crippen LogP) is 3.57. The van der Waals surface area contributed by atoms with Crippen LogP contribution < -0.4 is 0 Å². The van der Waals surface area contributed by atoms with Gasteiger partial charge >= 0.3 is 7.60 Å². The van der Waals surface area contributed by atoms with Crippen molar-refractivity contribution >= 4 is 13.2 Å². The molecule has 0 fully saturated rings. The van der Waals surface area contributed by atoms with Crippen LogP contribution in [0, 0.1) is 11.6 Å². The van der Waals surface area contributed by atoms with Gasteiger partial charge in [0.2, 0.25) is 0 Å². The Morgan fingerprint density at radius 3 is 1.76 bits per heavy atom. The minimum Gasteiger partial charge on any atom is -0.324 e. The average Bonchev–Trinajstić information content (AvgIpc) is 2.41. The zero-order valence-electron chi connectivity index (χ0n) is 10.9. The molecule has 6 heteroatoms. The van der Waals surface area contributed by atoms with Crippen molar-refractivity contribution < 1.29 is 23.1 Å². The molecule has 2 aromatic carbocycles. The molecule has 3 nitrogen and oxygen atoms in total. The maximum Gasteiger partial charge on any atom is 0.329 e. The summed E-state index contributed by atoms with van der Waals surface area (Å²) in [7, 11) is -4.31. The van der Waals surface area contributed by atoms with E-state index in [9.17, 15) is 13.3 Å². The van der Waals surface area contributed by atoms with Crippen molar-refractivity contribution in [3.63, 3.8) is 0 Å². The van der Waals surface area contributed by atoms with Crippen LogP contribution in [-0.4, -0.2) is 15.9 Å². The molecule has 0 heterocycles. The third kappa shape index (κ3) is 4.08. The Bertz CT molecular complexity index is 675. The van der Waals surface area contributed by atoms with E-state index in [1.807, 2.05) is 0 Å². The quantitative estimate of drug-likeness (QED) is 0.849. The van der Waals surface area contributed by atoms with Gasteiger partial charge < -0.3 is 9.79 Å². The standard InChI is InChI=1S/C15H13F2O3P/c16-14-7-3-1-5-12(14)11(9-10-21(18,19)20)13-6-2-4-8-15(13)17/h1-9H,10H2,(H2,18,19,20). The number of hydrogen-bond donors (Lipinski definition) is 2. The van der Waals surface area contributed by atoms with Gasteiger partial charge in [-0.3, -0.25) is 4.57 Å². The molecule has 0 aliphatic rings. The maximum absolute atomic E-state index is 13.9. The lowest BCUT2D eigenvalue weighted by atomic mass is 9.97. The number of halogens is 2. The molecule has 2 rings (SSSR count). The molecule has 0 unspecified atom stereocenters. The molecule has 0 radical (unpaired) electrons. The molecular formula is C15H13F2O3P. The van der Waals surface area contributed by atoms with Crippen LogP contribution in [-0.2, 0) is 4.57 Å². The van der Waals surface area contributed by atoms with Crippen molar-refractivity contribution in [2.24, 2.45) is 0 Å². The summed E-state index contributed by atoms with van der Waals surface area (Å²) in [6.45, 7) is 0. The lowest BCUT2D eigenvalue weighted by Crippen LogP contribution is -1.97. The van der Waals surface area contributed by atoms with Crippen molar-refractivity contribution in [3.05, 3.63) is 77.4 Å². The first kappa shape index (κ1) is 15.6. The molecule has 0 spiro atoms. The molecule has 0 amide bonds. The molecule has 0 bridgehead atoms. The van der Waals surface area contributed by atoms with Crippen molar-refractivity contribution in [1.29, 1.82) is 0 Å². The fourth-order valence-corrected chi connectivity index (χ4v) is 2.35. The van der Waals surface area contributed by atoms with Crippen LogP contribution in [0.3, 0.4) is 0 Å². The summed E-state index contributed by atoms with van der Waals surface area (Å²) >= 11 is 0. The van der Waals surface area contributed by atoms with E-state index in [0.29, 0.717) is 0 Å². The highest BCUT2D eigenvalue weighted by molar-refractivity contribution is 7.51. The zero-order valence-corrected chi connectivity index (χ0v) is 11.8. The van der Waals surface area contributed by atoms with E-state index in [4.69, 9.17) is 9.79 Å². The minimum absolute atomic E-state index is 0.0936. The molecule has 110 valence electrons. The van der Waals surface area contributed by atoms with Gasteiger partial charge in [-0.05, 0) is 17.7 Å². The molecule has 0 atom stereocenters. The van der Waals surface area contributed by atoms with Crippen molar-refractivity contribution in [2.75, 3.05) is 6.16 Å². The Labute approximate surface area is 120 Å². The van der Waals surface area contributed by atoms with Crippen molar-refractivity contribution in [2.45, 2.75) is 0 Å². The monoisotopic (exact) mass is 310 g/mol. The van der Waals surface area contributed by atoms with Gasteiger partial charge in [-0.25, -0.2) is 8.78 Å². The zero-order chi connectivity index (χ0) is 15.5. The summed E-state index contributed by atoms with van der Waals surface area (Å²) in [5, 5.41) is 0. The molecule has 0 saturated heterocycles. The van der Waals surface area contributed by atoms with Crippen LogP contribution in [0.25, 0.3) is 5.57 Å². The highest BCUT2D eigenvalue weighted by Crippen LogP contribution is 2.37. The van der Waals surface area contributed by atoms with Crippen molar-refractivity contribution in [1.82, 2.24) is 0 Å². The first-order valence-corrected chi connectivity index (χ1v) is 7.93. The lowest BCUT2D eigenvalue weighted by molar-refractivity contribution is 0.377. The number of allylic oxidation sites excluding steroid dienone is 1. The van der Waals surface area contributed by atoms with Gasteiger partial charge in [-0.15, -0.1) is 0 Å². The van der Waals surface area contributed by atoms with Gasteiger partial charge in [0.1, 0.15) is 11.6 Å². The summed E-state index contributed by atoms with van der Waals surface area (Å²) in [6.07, 6.45) is 0.572. The van der Waals surface area contributed by atoms with E-state index < -0.39 is 25.4 Å². The Morgan fingerprint density at radius 2 is 1.38 bits per heavy atom. The van der Waals surface area contributed by atoms with Crippen LogP contribution in [0.4, 0.5) is 8.78 Å². The highest BCUT2D eigenvalue weighted by atomic mass is 31.2. The first-order chi connectivity index (χ1) is 9.88. The Kier molecular flexibility index (Phi) is 4.68. The minimum atomic E-state index is -4.31. The second kappa shape index (κ2) is 6.31.